The van der Waals surface area contributed by atoms with Crippen molar-refractivity contribution in [2.24, 2.45) is 7.05 Å². The van der Waals surface area contributed by atoms with Gasteiger partial charge in [-0.15, -0.1) is 0 Å². The Morgan fingerprint density at radius 2 is 1.64 bits per heavy atom. The third kappa shape index (κ3) is 3.29. The number of carbonyl (C=O) groups excluding carboxylic acids is 1. The molecule has 0 aliphatic rings. The first-order valence-electron chi connectivity index (χ1n) is 10.4. The van der Waals surface area contributed by atoms with Crippen molar-refractivity contribution < 1.29 is 19.0 Å². The highest BCUT2D eigenvalue weighted by molar-refractivity contribution is 6.07. The third-order valence-electron chi connectivity index (χ3n) is 5.83. The predicted molar refractivity (Wildman–Crippen MR) is 127 cm³/mol. The summed E-state index contributed by atoms with van der Waals surface area (Å²) in [5, 5.41) is 0.952. The van der Waals surface area contributed by atoms with Crippen molar-refractivity contribution in [2.75, 3.05) is 21.3 Å². The Morgan fingerprint density at radius 3 is 2.39 bits per heavy atom. The van der Waals surface area contributed by atoms with E-state index in [0.717, 1.165) is 33.2 Å². The van der Waals surface area contributed by atoms with Gasteiger partial charge in [0.15, 0.2) is 11.5 Å². The summed E-state index contributed by atoms with van der Waals surface area (Å²) in [6, 6.07) is 18.7. The SMILES string of the molecule is COc1ccc2c(c1)c(-c1nc3ccccc3n1C(=O)c1ccc(OC)c(OC)c1)cn2C. The van der Waals surface area contributed by atoms with Crippen LogP contribution < -0.4 is 14.2 Å². The molecule has 2 heterocycles. The largest absolute Gasteiger partial charge is 0.497 e. The molecule has 0 aliphatic heterocycles. The number of imidazole rings is 1. The maximum absolute atomic E-state index is 13.8. The zero-order valence-electron chi connectivity index (χ0n) is 18.8. The van der Waals surface area contributed by atoms with Crippen molar-refractivity contribution in [1.82, 2.24) is 14.1 Å². The molecule has 166 valence electrons. The van der Waals surface area contributed by atoms with Gasteiger partial charge in [0.25, 0.3) is 5.91 Å². The Labute approximate surface area is 190 Å². The molecule has 3 aromatic carbocycles. The average Bonchev–Trinajstić information content (AvgIpc) is 3.40. The van der Waals surface area contributed by atoms with Gasteiger partial charge in [-0.2, -0.15) is 0 Å². The highest BCUT2D eigenvalue weighted by atomic mass is 16.5. The van der Waals surface area contributed by atoms with Crippen LogP contribution in [0.5, 0.6) is 17.2 Å². The van der Waals surface area contributed by atoms with Gasteiger partial charge in [-0.1, -0.05) is 12.1 Å². The summed E-state index contributed by atoms with van der Waals surface area (Å²) in [6.07, 6.45) is 1.99. The van der Waals surface area contributed by atoms with Crippen molar-refractivity contribution in [2.45, 2.75) is 0 Å². The van der Waals surface area contributed by atoms with E-state index in [4.69, 9.17) is 19.2 Å². The van der Waals surface area contributed by atoms with Crippen LogP contribution in [0.2, 0.25) is 0 Å². The summed E-state index contributed by atoms with van der Waals surface area (Å²) in [6.45, 7) is 0. The zero-order chi connectivity index (χ0) is 23.1. The van der Waals surface area contributed by atoms with Crippen LogP contribution in [0.3, 0.4) is 0 Å². The Hall–Kier alpha value is -4.26. The molecule has 7 nitrogen and oxygen atoms in total. The fourth-order valence-electron chi connectivity index (χ4n) is 4.19. The summed E-state index contributed by atoms with van der Waals surface area (Å²) in [7, 11) is 6.73. The van der Waals surface area contributed by atoms with Gasteiger partial charge < -0.3 is 18.8 Å². The van der Waals surface area contributed by atoms with E-state index in [9.17, 15) is 4.79 Å². The summed E-state index contributed by atoms with van der Waals surface area (Å²) >= 11 is 0. The zero-order valence-corrected chi connectivity index (χ0v) is 18.8. The molecule has 33 heavy (non-hydrogen) atoms. The van der Waals surface area contributed by atoms with Gasteiger partial charge in [0.05, 0.1) is 32.4 Å². The van der Waals surface area contributed by atoms with E-state index in [1.54, 1.807) is 44.1 Å². The number of aryl methyl sites for hydroxylation is 1. The van der Waals surface area contributed by atoms with E-state index in [1.807, 2.05) is 60.3 Å². The molecule has 0 atom stereocenters. The normalized spacial score (nSPS) is 11.2. The van der Waals surface area contributed by atoms with Gasteiger partial charge in [0.1, 0.15) is 11.6 Å². The molecule has 2 aromatic heterocycles. The lowest BCUT2D eigenvalue weighted by Crippen LogP contribution is -2.13. The van der Waals surface area contributed by atoms with E-state index in [1.165, 1.54) is 0 Å². The lowest BCUT2D eigenvalue weighted by atomic mass is 10.1. The van der Waals surface area contributed by atoms with Crippen molar-refractivity contribution in [3.8, 4) is 28.6 Å². The smallest absolute Gasteiger partial charge is 0.264 e. The number of aromatic nitrogens is 3. The third-order valence-corrected chi connectivity index (χ3v) is 5.83. The molecule has 0 unspecified atom stereocenters. The molecule has 0 radical (unpaired) electrons. The van der Waals surface area contributed by atoms with Crippen LogP contribution in [0.4, 0.5) is 0 Å². The molecule has 0 aliphatic carbocycles. The number of fused-ring (bicyclic) bond motifs is 2. The predicted octanol–water partition coefficient (Wildman–Crippen LogP) is 4.91. The molecule has 5 aromatic rings. The molecular formula is C26H23N3O4. The average molecular weight is 441 g/mol. The van der Waals surface area contributed by atoms with Crippen LogP contribution in [0.25, 0.3) is 33.3 Å². The van der Waals surface area contributed by atoms with Gasteiger partial charge in [0, 0.05) is 35.3 Å². The number of nitrogens with zero attached hydrogens (tertiary/aromatic N) is 3. The summed E-state index contributed by atoms with van der Waals surface area (Å²) in [5.41, 5.74) is 3.79. The van der Waals surface area contributed by atoms with E-state index in [-0.39, 0.29) is 5.91 Å². The topological polar surface area (TPSA) is 67.5 Å². The number of ether oxygens (including phenoxy) is 3. The number of hydrogen-bond acceptors (Lipinski definition) is 5. The molecule has 0 fully saturated rings. The van der Waals surface area contributed by atoms with Crippen LogP contribution >= 0.6 is 0 Å². The maximum Gasteiger partial charge on any atom is 0.264 e. The van der Waals surface area contributed by atoms with Crippen molar-refractivity contribution in [3.05, 3.63) is 72.4 Å². The van der Waals surface area contributed by atoms with E-state index in [2.05, 4.69) is 0 Å². The van der Waals surface area contributed by atoms with Crippen LogP contribution in [0.15, 0.2) is 66.9 Å². The number of hydrogen-bond donors (Lipinski definition) is 0. The lowest BCUT2D eigenvalue weighted by molar-refractivity contribution is 0.0966. The van der Waals surface area contributed by atoms with Crippen molar-refractivity contribution in [3.63, 3.8) is 0 Å². The second-order valence-corrected chi connectivity index (χ2v) is 7.67. The maximum atomic E-state index is 13.8. The van der Waals surface area contributed by atoms with E-state index in [0.29, 0.717) is 22.9 Å². The minimum Gasteiger partial charge on any atom is -0.497 e. The van der Waals surface area contributed by atoms with Gasteiger partial charge in [-0.25, -0.2) is 4.98 Å². The van der Waals surface area contributed by atoms with Crippen LogP contribution in [-0.2, 0) is 7.05 Å². The molecule has 0 saturated carbocycles. The van der Waals surface area contributed by atoms with Crippen molar-refractivity contribution in [1.29, 1.82) is 0 Å². The first-order valence-corrected chi connectivity index (χ1v) is 10.4. The molecule has 0 amide bonds. The fraction of sp³-hybridized carbons (Fsp3) is 0.154. The van der Waals surface area contributed by atoms with Crippen LogP contribution in [0.1, 0.15) is 10.4 Å². The highest BCUT2D eigenvalue weighted by Crippen LogP contribution is 2.35. The molecule has 0 N–H and O–H groups in total. The number of benzene rings is 3. The van der Waals surface area contributed by atoms with E-state index < -0.39 is 0 Å². The second-order valence-electron chi connectivity index (χ2n) is 7.67. The lowest BCUT2D eigenvalue weighted by Gasteiger charge is -2.11. The number of rotatable bonds is 5. The summed E-state index contributed by atoms with van der Waals surface area (Å²) in [5.74, 6) is 2.15. The van der Waals surface area contributed by atoms with Gasteiger partial charge in [-0.05, 0) is 48.5 Å². The molecule has 0 bridgehead atoms. The number of carbonyl (C=O) groups is 1. The Kier molecular flexibility index (Phi) is 5.01. The van der Waals surface area contributed by atoms with Crippen molar-refractivity contribution >= 4 is 27.8 Å². The fourth-order valence-corrected chi connectivity index (χ4v) is 4.19. The first-order chi connectivity index (χ1) is 16.0. The standard InChI is InChI=1S/C26H23N3O4/c1-28-15-19(18-14-17(31-2)10-11-21(18)28)25-27-20-7-5-6-8-22(20)29(25)26(30)16-9-12-23(32-3)24(13-16)33-4/h5-15H,1-4H3. The highest BCUT2D eigenvalue weighted by Gasteiger charge is 2.23. The number of methoxy groups -OCH3 is 3. The van der Waals surface area contributed by atoms with Gasteiger partial charge >= 0.3 is 0 Å². The quantitative estimate of drug-likeness (QED) is 0.388. The minimum absolute atomic E-state index is 0.209. The Morgan fingerprint density at radius 1 is 0.848 bits per heavy atom. The van der Waals surface area contributed by atoms with E-state index >= 15 is 0 Å². The molecule has 0 saturated heterocycles. The van der Waals surface area contributed by atoms with Crippen LogP contribution in [0, 0.1) is 0 Å². The monoisotopic (exact) mass is 441 g/mol. The molecule has 0 spiro atoms. The Balaban J connectivity index is 1.77. The Bertz CT molecular complexity index is 1510. The second kappa shape index (κ2) is 8.02. The summed E-state index contributed by atoms with van der Waals surface area (Å²) < 4.78 is 19.9. The van der Waals surface area contributed by atoms with Crippen LogP contribution in [-0.4, -0.2) is 41.4 Å². The molecular weight excluding hydrogens is 418 g/mol. The minimum atomic E-state index is -0.209. The molecule has 7 heteroatoms. The number of para-hydroxylation sites is 2. The molecule has 5 rings (SSSR count). The van der Waals surface area contributed by atoms with Gasteiger partial charge in [0.2, 0.25) is 0 Å². The summed E-state index contributed by atoms with van der Waals surface area (Å²) in [4.78, 5) is 18.7. The first kappa shape index (κ1) is 20.6. The van der Waals surface area contributed by atoms with Gasteiger partial charge in [-0.3, -0.25) is 9.36 Å².